The minimum atomic E-state index is 0.0596. The van der Waals surface area contributed by atoms with Gasteiger partial charge in [0.2, 0.25) is 0 Å². The van der Waals surface area contributed by atoms with E-state index in [0.717, 1.165) is 5.39 Å². The van der Waals surface area contributed by atoms with Gasteiger partial charge in [-0.2, -0.15) is 0 Å². The van der Waals surface area contributed by atoms with Crippen LogP contribution in [0.4, 0.5) is 0 Å². The van der Waals surface area contributed by atoms with Crippen LogP contribution in [0.15, 0.2) is 71.5 Å². The summed E-state index contributed by atoms with van der Waals surface area (Å²) >= 11 is 0.0596. The Kier molecular flexibility index (Phi) is 3.25. The summed E-state index contributed by atoms with van der Waals surface area (Å²) < 4.78 is 3.21. The second-order valence-corrected chi connectivity index (χ2v) is 7.59. The first-order valence-electron chi connectivity index (χ1n) is 7.34. The number of benzene rings is 3. The molecule has 0 aliphatic carbocycles. The Balaban J connectivity index is 1.94. The Labute approximate surface area is 134 Å². The maximum absolute atomic E-state index is 12.7. The summed E-state index contributed by atoms with van der Waals surface area (Å²) in [5.41, 5.74) is 1.39. The van der Waals surface area contributed by atoms with E-state index in [1.165, 1.54) is 20.6 Å². The summed E-state index contributed by atoms with van der Waals surface area (Å²) in [6.07, 6.45) is 0. The van der Waals surface area contributed by atoms with Gasteiger partial charge in [-0.1, -0.05) is 0 Å². The van der Waals surface area contributed by atoms with E-state index < -0.39 is 0 Å². The average Bonchev–Trinajstić information content (AvgIpc) is 2.91. The van der Waals surface area contributed by atoms with Crippen LogP contribution < -0.4 is 5.56 Å². The van der Waals surface area contributed by atoms with E-state index in [1.54, 1.807) is 0 Å². The van der Waals surface area contributed by atoms with E-state index in [9.17, 15) is 4.79 Å². The molecule has 22 heavy (non-hydrogen) atoms. The van der Waals surface area contributed by atoms with Gasteiger partial charge in [-0.15, -0.1) is 0 Å². The summed E-state index contributed by atoms with van der Waals surface area (Å²) in [4.78, 5) is 12.7. The fourth-order valence-electron chi connectivity index (χ4n) is 2.99. The van der Waals surface area contributed by atoms with Gasteiger partial charge in [0.05, 0.1) is 0 Å². The molecule has 108 valence electrons. The fraction of sp³-hybridized carbons (Fsp3) is 0.105. The van der Waals surface area contributed by atoms with Crippen LogP contribution in [0, 0.1) is 0 Å². The van der Waals surface area contributed by atoms with Crippen LogP contribution in [-0.2, 0) is 0 Å². The van der Waals surface area contributed by atoms with Gasteiger partial charge in [0, 0.05) is 0 Å². The zero-order chi connectivity index (χ0) is 15.1. The molecule has 3 heteroatoms. The molecule has 0 radical (unpaired) electrons. The molecule has 0 N–H and O–H groups in total. The topological polar surface area (TPSA) is 22.0 Å². The number of aromatic nitrogens is 1. The maximum atomic E-state index is 12.7. The summed E-state index contributed by atoms with van der Waals surface area (Å²) in [5.74, 6) is 0. The summed E-state index contributed by atoms with van der Waals surface area (Å²) in [6, 6.07) is 22.8. The molecule has 1 aromatic heterocycles. The Morgan fingerprint density at radius 1 is 0.864 bits per heavy atom. The summed E-state index contributed by atoms with van der Waals surface area (Å²) in [5, 5.41) is 3.33. The van der Waals surface area contributed by atoms with E-state index in [1.807, 2.05) is 21.8 Å². The Bertz CT molecular complexity index is 1020. The van der Waals surface area contributed by atoms with Crippen molar-refractivity contribution in [1.82, 2.24) is 3.56 Å². The van der Waals surface area contributed by atoms with E-state index in [4.69, 9.17) is 0 Å². The molecule has 1 heterocycles. The van der Waals surface area contributed by atoms with Gasteiger partial charge >= 0.3 is 134 Å². The molecular weight excluding hydrogens is 337 g/mol. The standard InChI is InChI=1S/C19H15NOSe/c1-13(15-11-6-8-14-7-2-3-9-16(14)15)20-19(21)17-10-4-5-12-18(17)22-20/h2-13H,1H3/t13-/m1/s1. The van der Waals surface area contributed by atoms with Crippen molar-refractivity contribution in [2.24, 2.45) is 0 Å². The van der Waals surface area contributed by atoms with Gasteiger partial charge in [-0.25, -0.2) is 0 Å². The molecule has 0 amide bonds. The second kappa shape index (κ2) is 5.27. The number of nitrogens with zero attached hydrogens (tertiary/aromatic N) is 1. The predicted molar refractivity (Wildman–Crippen MR) is 92.9 cm³/mol. The number of hydrogen-bond donors (Lipinski definition) is 0. The molecule has 1 atom stereocenters. The van der Waals surface area contributed by atoms with Crippen molar-refractivity contribution in [1.29, 1.82) is 0 Å². The first-order chi connectivity index (χ1) is 10.8. The normalized spacial score (nSPS) is 12.8. The van der Waals surface area contributed by atoms with Crippen LogP contribution in [0.2, 0.25) is 0 Å². The molecule has 0 aliphatic rings. The molecule has 0 spiro atoms. The third-order valence-corrected chi connectivity index (χ3v) is 6.72. The van der Waals surface area contributed by atoms with Gasteiger partial charge in [0.25, 0.3) is 0 Å². The van der Waals surface area contributed by atoms with Gasteiger partial charge < -0.3 is 0 Å². The molecule has 3 aromatic carbocycles. The van der Waals surface area contributed by atoms with Crippen molar-refractivity contribution < 1.29 is 0 Å². The van der Waals surface area contributed by atoms with E-state index in [0.29, 0.717) is 0 Å². The van der Waals surface area contributed by atoms with Crippen molar-refractivity contribution in [3.8, 4) is 0 Å². The summed E-state index contributed by atoms with van der Waals surface area (Å²) in [6.45, 7) is 2.13. The second-order valence-electron chi connectivity index (χ2n) is 5.46. The minimum absolute atomic E-state index is 0.0596. The first kappa shape index (κ1) is 13.6. The quantitative estimate of drug-likeness (QED) is 0.503. The van der Waals surface area contributed by atoms with Crippen LogP contribution in [-0.4, -0.2) is 18.3 Å². The Morgan fingerprint density at radius 2 is 1.55 bits per heavy atom. The SMILES string of the molecule is C[C@H](c1cccc2ccccc12)n1[se]c2ccccc2c1=O. The van der Waals surface area contributed by atoms with E-state index in [-0.39, 0.29) is 26.3 Å². The molecular formula is C19H15NOSe. The molecule has 0 fully saturated rings. The number of hydrogen-bond acceptors (Lipinski definition) is 1. The van der Waals surface area contributed by atoms with Gasteiger partial charge in [0.15, 0.2) is 0 Å². The molecule has 4 rings (SSSR count). The van der Waals surface area contributed by atoms with Crippen LogP contribution in [0.5, 0.6) is 0 Å². The number of rotatable bonds is 2. The van der Waals surface area contributed by atoms with Crippen molar-refractivity contribution in [2.45, 2.75) is 13.0 Å². The van der Waals surface area contributed by atoms with Crippen molar-refractivity contribution in [2.75, 3.05) is 0 Å². The molecule has 4 aromatic rings. The van der Waals surface area contributed by atoms with Crippen LogP contribution in [0.25, 0.3) is 20.4 Å². The molecule has 0 saturated carbocycles. The zero-order valence-electron chi connectivity index (χ0n) is 12.2. The van der Waals surface area contributed by atoms with Crippen molar-refractivity contribution >= 4 is 35.2 Å². The first-order valence-corrected chi connectivity index (χ1v) is 8.96. The predicted octanol–water partition coefficient (Wildman–Crippen LogP) is 3.82. The van der Waals surface area contributed by atoms with E-state index in [2.05, 4.69) is 55.5 Å². The molecule has 0 aliphatic heterocycles. The molecule has 0 bridgehead atoms. The molecule has 0 unspecified atom stereocenters. The van der Waals surface area contributed by atoms with Gasteiger partial charge in [-0.05, 0) is 0 Å². The molecule has 0 saturated heterocycles. The fourth-order valence-corrected chi connectivity index (χ4v) is 5.20. The van der Waals surface area contributed by atoms with Gasteiger partial charge in [0.1, 0.15) is 0 Å². The van der Waals surface area contributed by atoms with Crippen molar-refractivity contribution in [3.05, 3.63) is 82.6 Å². The summed E-state index contributed by atoms with van der Waals surface area (Å²) in [7, 11) is 0. The third kappa shape index (κ3) is 2.06. The van der Waals surface area contributed by atoms with Crippen LogP contribution >= 0.6 is 0 Å². The van der Waals surface area contributed by atoms with Crippen molar-refractivity contribution in [3.63, 3.8) is 0 Å². The van der Waals surface area contributed by atoms with Gasteiger partial charge in [-0.3, -0.25) is 0 Å². The number of fused-ring (bicyclic) bond motifs is 2. The zero-order valence-corrected chi connectivity index (χ0v) is 13.9. The third-order valence-electron chi connectivity index (χ3n) is 4.14. The monoisotopic (exact) mass is 353 g/mol. The van der Waals surface area contributed by atoms with Crippen LogP contribution in [0.1, 0.15) is 18.5 Å². The van der Waals surface area contributed by atoms with E-state index >= 15 is 0 Å². The van der Waals surface area contributed by atoms with Crippen LogP contribution in [0.3, 0.4) is 0 Å². The molecule has 2 nitrogen and oxygen atoms in total. The Morgan fingerprint density at radius 3 is 2.36 bits per heavy atom. The Hall–Kier alpha value is -2.09. The average molecular weight is 352 g/mol.